The molecule has 0 aliphatic heterocycles. The number of aliphatic hydroxyl groups excluding tert-OH is 1. The van der Waals surface area contributed by atoms with E-state index in [-0.39, 0.29) is 0 Å². The Balaban J connectivity index is 0. The average Bonchev–Trinajstić information content (AvgIpc) is 1.46. The maximum absolute atomic E-state index is 7.12. The highest BCUT2D eigenvalue weighted by molar-refractivity contribution is 4.22. The summed E-state index contributed by atoms with van der Waals surface area (Å²) in [5, 5.41) is 14.2. The molecule has 0 unspecified atom stereocenters. The molecule has 2 nitrogen and oxygen atoms in total. The molecule has 0 bridgehead atoms. The van der Waals surface area contributed by atoms with Crippen molar-refractivity contribution in [1.82, 2.24) is 0 Å². The molecule has 0 spiro atoms. The summed E-state index contributed by atoms with van der Waals surface area (Å²) in [6, 6.07) is 0. The van der Waals surface area contributed by atoms with Gasteiger partial charge in [0, 0.05) is 0 Å². The molecule has 0 heterocycles. The second kappa shape index (κ2) is 59.5. The molecular formula is C3H8O2. The van der Waals surface area contributed by atoms with Crippen molar-refractivity contribution in [2.75, 3.05) is 6.79 Å². The van der Waals surface area contributed by atoms with Gasteiger partial charge < -0.3 is 10.2 Å². The predicted octanol–water partition coefficient (Wildman–Crippen LogP) is -0.269. The van der Waals surface area contributed by atoms with Gasteiger partial charge in [-0.25, -0.2) is 0 Å². The third-order valence-electron chi connectivity index (χ3n) is 0. The van der Waals surface area contributed by atoms with Crippen LogP contribution >= 0.6 is 0 Å². The van der Waals surface area contributed by atoms with Gasteiger partial charge in [-0.15, -0.1) is 13.2 Å². The van der Waals surface area contributed by atoms with Crippen LogP contribution in [0.3, 0.4) is 0 Å². The predicted molar refractivity (Wildman–Crippen MR) is 20.6 cm³/mol. The quantitative estimate of drug-likeness (QED) is 0.308. The molecule has 2 heteroatoms. The molecule has 0 atom stereocenters. The maximum Gasteiger partial charge on any atom is 0.140 e. The van der Waals surface area contributed by atoms with Crippen molar-refractivity contribution in [3.63, 3.8) is 0 Å². The van der Waals surface area contributed by atoms with Gasteiger partial charge in [-0.1, -0.05) is 0 Å². The molecule has 0 amide bonds. The molecular weight excluding hydrogens is 68.0 g/mol. The molecule has 0 aliphatic rings. The minimum absolute atomic E-state index is 0.750. The van der Waals surface area contributed by atoms with Crippen LogP contribution in [0.1, 0.15) is 0 Å². The lowest BCUT2D eigenvalue weighted by Crippen LogP contribution is -1.66. The lowest BCUT2D eigenvalue weighted by Gasteiger charge is -1.55. The van der Waals surface area contributed by atoms with Crippen LogP contribution in [0.4, 0.5) is 0 Å². The van der Waals surface area contributed by atoms with E-state index in [0.717, 1.165) is 0 Å². The van der Waals surface area contributed by atoms with Crippen molar-refractivity contribution < 1.29 is 10.2 Å². The summed E-state index contributed by atoms with van der Waals surface area (Å²) in [6.45, 7) is 5.25. The van der Waals surface area contributed by atoms with Gasteiger partial charge in [0.1, 0.15) is 6.79 Å². The minimum atomic E-state index is -0.750. The summed E-state index contributed by atoms with van der Waals surface area (Å²) in [7, 11) is 0. The van der Waals surface area contributed by atoms with Crippen molar-refractivity contribution in [2.45, 2.75) is 0 Å². The smallest absolute Gasteiger partial charge is 0.140 e. The first-order chi connectivity index (χ1) is 2.41. The first-order valence-corrected chi connectivity index (χ1v) is 1.13. The first-order valence-electron chi connectivity index (χ1n) is 1.13. The van der Waals surface area contributed by atoms with Gasteiger partial charge in [0.05, 0.1) is 0 Å². The normalized spacial score (nSPS) is 4.40. The highest BCUT2D eigenvalue weighted by Crippen LogP contribution is 1.17. The second-order valence-electron chi connectivity index (χ2n) is 0.141. The Hall–Kier alpha value is -0.340. The van der Waals surface area contributed by atoms with Gasteiger partial charge in [0.25, 0.3) is 0 Å². The van der Waals surface area contributed by atoms with Crippen LogP contribution in [-0.2, 0) is 0 Å². The van der Waals surface area contributed by atoms with Crippen molar-refractivity contribution >= 4 is 0 Å². The molecule has 2 N–H and O–H groups in total. The lowest BCUT2D eigenvalue weighted by molar-refractivity contribution is 0.0773. The fourth-order valence-corrected chi connectivity index (χ4v) is 0. The van der Waals surface area contributed by atoms with Gasteiger partial charge >= 0.3 is 0 Å². The molecule has 32 valence electrons. The molecule has 5 heavy (non-hydrogen) atoms. The van der Waals surface area contributed by atoms with Crippen LogP contribution in [0.15, 0.2) is 13.2 Å². The minimum Gasteiger partial charge on any atom is -0.371 e. The standard InChI is InChI=1S/C2H4.CH4O2/c1-2;2-1-3/h1-2H2;2-3H,1H2. The summed E-state index contributed by atoms with van der Waals surface area (Å²) < 4.78 is 0. The summed E-state index contributed by atoms with van der Waals surface area (Å²) >= 11 is 0. The van der Waals surface area contributed by atoms with E-state index >= 15 is 0 Å². The van der Waals surface area contributed by atoms with Crippen molar-refractivity contribution in [3.05, 3.63) is 13.2 Å². The third kappa shape index (κ3) is 87.2. The van der Waals surface area contributed by atoms with Gasteiger partial charge in [-0.3, -0.25) is 0 Å². The van der Waals surface area contributed by atoms with E-state index < -0.39 is 6.79 Å². The van der Waals surface area contributed by atoms with E-state index in [4.69, 9.17) is 10.2 Å². The van der Waals surface area contributed by atoms with Gasteiger partial charge in [0.15, 0.2) is 0 Å². The molecule has 0 saturated heterocycles. The van der Waals surface area contributed by atoms with E-state index in [1.807, 2.05) is 0 Å². The van der Waals surface area contributed by atoms with Gasteiger partial charge in [-0.2, -0.15) is 0 Å². The maximum atomic E-state index is 7.12. The van der Waals surface area contributed by atoms with Crippen LogP contribution in [-0.4, -0.2) is 17.0 Å². The Kier molecular flexibility index (Phi) is 105. The number of hydrogen-bond donors (Lipinski definition) is 2. The summed E-state index contributed by atoms with van der Waals surface area (Å²) in [4.78, 5) is 0. The Morgan fingerprint density at radius 1 is 1.20 bits per heavy atom. The molecule has 0 aliphatic carbocycles. The Morgan fingerprint density at radius 2 is 1.20 bits per heavy atom. The molecule has 0 fully saturated rings. The van der Waals surface area contributed by atoms with Gasteiger partial charge in [0.2, 0.25) is 0 Å². The molecule has 0 aromatic carbocycles. The SMILES string of the molecule is C=C.OCO. The van der Waals surface area contributed by atoms with E-state index in [0.29, 0.717) is 0 Å². The van der Waals surface area contributed by atoms with Crippen molar-refractivity contribution in [2.24, 2.45) is 0 Å². The Labute approximate surface area is 31.4 Å². The molecule has 0 aromatic heterocycles. The summed E-state index contributed by atoms with van der Waals surface area (Å²) in [6.07, 6.45) is 0. The summed E-state index contributed by atoms with van der Waals surface area (Å²) in [5.41, 5.74) is 0. The van der Waals surface area contributed by atoms with Crippen LogP contribution in [0.5, 0.6) is 0 Å². The fourth-order valence-electron chi connectivity index (χ4n) is 0. The molecule has 0 radical (unpaired) electrons. The number of hydrogen-bond acceptors (Lipinski definition) is 2. The number of rotatable bonds is 0. The van der Waals surface area contributed by atoms with Crippen LogP contribution < -0.4 is 0 Å². The first kappa shape index (κ1) is 8.82. The molecule has 0 saturated carbocycles. The Bertz CT molecular complexity index is 8.85. The zero-order chi connectivity index (χ0) is 4.71. The van der Waals surface area contributed by atoms with E-state index in [1.54, 1.807) is 0 Å². The lowest BCUT2D eigenvalue weighted by atomic mass is 11.3. The van der Waals surface area contributed by atoms with Gasteiger partial charge in [-0.05, 0) is 0 Å². The van der Waals surface area contributed by atoms with Crippen molar-refractivity contribution in [3.8, 4) is 0 Å². The largest absolute Gasteiger partial charge is 0.371 e. The zero-order valence-corrected chi connectivity index (χ0v) is 3.02. The Morgan fingerprint density at radius 3 is 1.20 bits per heavy atom. The molecule has 0 aromatic rings. The van der Waals surface area contributed by atoms with E-state index in [2.05, 4.69) is 13.2 Å². The topological polar surface area (TPSA) is 40.5 Å². The fraction of sp³-hybridized carbons (Fsp3) is 0.333. The third-order valence-corrected chi connectivity index (χ3v) is 0. The van der Waals surface area contributed by atoms with Crippen LogP contribution in [0, 0.1) is 0 Å². The van der Waals surface area contributed by atoms with Crippen LogP contribution in [0.25, 0.3) is 0 Å². The molecule has 0 rings (SSSR count). The van der Waals surface area contributed by atoms with E-state index in [9.17, 15) is 0 Å². The zero-order valence-electron chi connectivity index (χ0n) is 3.02. The van der Waals surface area contributed by atoms with Crippen molar-refractivity contribution in [1.29, 1.82) is 0 Å². The monoisotopic (exact) mass is 76.1 g/mol. The summed E-state index contributed by atoms with van der Waals surface area (Å²) in [5.74, 6) is 0. The second-order valence-corrected chi connectivity index (χ2v) is 0.141. The van der Waals surface area contributed by atoms with Crippen LogP contribution in [0.2, 0.25) is 0 Å². The average molecular weight is 76.1 g/mol. The van der Waals surface area contributed by atoms with E-state index in [1.165, 1.54) is 0 Å². The highest BCUT2D eigenvalue weighted by Gasteiger charge is 1.32. The highest BCUT2D eigenvalue weighted by atomic mass is 16.5. The number of aliphatic hydroxyl groups is 2.